The second kappa shape index (κ2) is 6.54. The van der Waals surface area contributed by atoms with E-state index in [1.54, 1.807) is 17.1 Å². The fourth-order valence-electron chi connectivity index (χ4n) is 2.58. The quantitative estimate of drug-likeness (QED) is 0.899. The van der Waals surface area contributed by atoms with Gasteiger partial charge in [-0.25, -0.2) is 4.68 Å². The van der Waals surface area contributed by atoms with Gasteiger partial charge in [-0.05, 0) is 31.5 Å². The van der Waals surface area contributed by atoms with Crippen LogP contribution >= 0.6 is 0 Å². The predicted octanol–water partition coefficient (Wildman–Crippen LogP) is 1.74. The molecule has 1 unspecified atom stereocenters. The molecule has 1 amide bonds. The van der Waals surface area contributed by atoms with Gasteiger partial charge in [0.05, 0.1) is 17.4 Å². The zero-order chi connectivity index (χ0) is 14.5. The fraction of sp³-hybridized carbons (Fsp3) is 0.375. The molecule has 5 heteroatoms. The van der Waals surface area contributed by atoms with E-state index in [-0.39, 0.29) is 5.91 Å². The third kappa shape index (κ3) is 3.49. The van der Waals surface area contributed by atoms with E-state index in [4.69, 9.17) is 0 Å². The van der Waals surface area contributed by atoms with Crippen molar-refractivity contribution in [1.29, 1.82) is 0 Å². The Hall–Kier alpha value is -2.14. The van der Waals surface area contributed by atoms with E-state index in [2.05, 4.69) is 15.7 Å². The Bertz CT molecular complexity index is 587. The molecule has 2 aromatic rings. The third-order valence-corrected chi connectivity index (χ3v) is 3.79. The van der Waals surface area contributed by atoms with E-state index in [1.807, 2.05) is 30.3 Å². The molecule has 0 bridgehead atoms. The van der Waals surface area contributed by atoms with Gasteiger partial charge in [-0.3, -0.25) is 4.79 Å². The molecule has 2 N–H and O–H groups in total. The highest BCUT2D eigenvalue weighted by molar-refractivity contribution is 5.93. The molecule has 0 aliphatic carbocycles. The molecule has 0 spiro atoms. The number of aromatic nitrogens is 2. The number of nitrogens with zero attached hydrogens (tertiary/aromatic N) is 2. The van der Waals surface area contributed by atoms with Gasteiger partial charge in [0.25, 0.3) is 5.91 Å². The zero-order valence-corrected chi connectivity index (χ0v) is 12.0. The molecule has 0 radical (unpaired) electrons. The number of carbonyl (C=O) groups is 1. The number of hydrogen-bond acceptors (Lipinski definition) is 3. The summed E-state index contributed by atoms with van der Waals surface area (Å²) in [6.45, 7) is 1.72. The number of para-hydroxylation sites is 1. The molecule has 3 rings (SSSR count). The minimum atomic E-state index is -0.0652. The topological polar surface area (TPSA) is 59.0 Å². The average molecular weight is 284 g/mol. The van der Waals surface area contributed by atoms with Crippen molar-refractivity contribution in [3.63, 3.8) is 0 Å². The molecule has 5 nitrogen and oxygen atoms in total. The smallest absolute Gasteiger partial charge is 0.254 e. The summed E-state index contributed by atoms with van der Waals surface area (Å²) in [5.41, 5.74) is 1.54. The average Bonchev–Trinajstić information content (AvgIpc) is 3.04. The maximum Gasteiger partial charge on any atom is 0.254 e. The summed E-state index contributed by atoms with van der Waals surface area (Å²) in [5, 5.41) is 10.6. The Morgan fingerprint density at radius 2 is 2.19 bits per heavy atom. The number of amides is 1. The van der Waals surface area contributed by atoms with Crippen molar-refractivity contribution in [3.05, 3.63) is 48.3 Å². The Kier molecular flexibility index (Phi) is 4.31. The number of benzene rings is 1. The van der Waals surface area contributed by atoms with Gasteiger partial charge in [0.1, 0.15) is 0 Å². The Labute approximate surface area is 124 Å². The van der Waals surface area contributed by atoms with Gasteiger partial charge in [0.15, 0.2) is 0 Å². The maximum atomic E-state index is 12.1. The summed E-state index contributed by atoms with van der Waals surface area (Å²) in [6.07, 6.45) is 6.97. The molecule has 1 atom stereocenters. The van der Waals surface area contributed by atoms with E-state index in [1.165, 1.54) is 12.8 Å². The normalized spacial score (nSPS) is 18.4. The number of rotatable bonds is 4. The van der Waals surface area contributed by atoms with Crippen molar-refractivity contribution in [2.24, 2.45) is 0 Å². The summed E-state index contributed by atoms with van der Waals surface area (Å²) in [4.78, 5) is 12.1. The first kappa shape index (κ1) is 13.8. The minimum absolute atomic E-state index is 0.0652. The molecule has 1 aliphatic rings. The summed E-state index contributed by atoms with van der Waals surface area (Å²) < 4.78 is 1.72. The molecular formula is C16H20N4O. The summed E-state index contributed by atoms with van der Waals surface area (Å²) in [5.74, 6) is -0.0652. The van der Waals surface area contributed by atoms with Crippen molar-refractivity contribution >= 4 is 5.91 Å². The second-order valence-corrected chi connectivity index (χ2v) is 5.37. The maximum absolute atomic E-state index is 12.1. The first-order valence-electron chi connectivity index (χ1n) is 7.44. The summed E-state index contributed by atoms with van der Waals surface area (Å²) >= 11 is 0. The van der Waals surface area contributed by atoms with Gasteiger partial charge < -0.3 is 10.6 Å². The van der Waals surface area contributed by atoms with Crippen LogP contribution in [0.4, 0.5) is 0 Å². The van der Waals surface area contributed by atoms with Gasteiger partial charge in [0.2, 0.25) is 0 Å². The lowest BCUT2D eigenvalue weighted by Crippen LogP contribution is -2.43. The molecule has 21 heavy (non-hydrogen) atoms. The largest absolute Gasteiger partial charge is 0.350 e. The molecule has 1 fully saturated rings. The Morgan fingerprint density at radius 1 is 1.33 bits per heavy atom. The molecule has 1 aromatic heterocycles. The van der Waals surface area contributed by atoms with Gasteiger partial charge >= 0.3 is 0 Å². The molecule has 110 valence electrons. The lowest BCUT2D eigenvalue weighted by Gasteiger charge is -2.23. The van der Waals surface area contributed by atoms with Crippen molar-refractivity contribution in [3.8, 4) is 5.69 Å². The third-order valence-electron chi connectivity index (χ3n) is 3.79. The van der Waals surface area contributed by atoms with Gasteiger partial charge in [0, 0.05) is 18.8 Å². The number of piperidine rings is 1. The monoisotopic (exact) mass is 284 g/mol. The van der Waals surface area contributed by atoms with E-state index >= 15 is 0 Å². The van der Waals surface area contributed by atoms with Crippen LogP contribution in [-0.2, 0) is 0 Å². The number of carbonyl (C=O) groups excluding carboxylic acids is 1. The Balaban J connectivity index is 1.59. The molecule has 1 aliphatic heterocycles. The van der Waals surface area contributed by atoms with Crippen molar-refractivity contribution in [2.45, 2.75) is 25.3 Å². The molecule has 2 heterocycles. The number of hydrogen-bond donors (Lipinski definition) is 2. The standard InChI is InChI=1S/C16H20N4O/c21-16(18-11-14-6-4-5-9-17-14)13-10-19-20(12-13)15-7-2-1-3-8-15/h1-3,7-8,10,12,14,17H,4-6,9,11H2,(H,18,21). The lowest BCUT2D eigenvalue weighted by molar-refractivity contribution is 0.0948. The van der Waals surface area contributed by atoms with Gasteiger partial charge in [-0.2, -0.15) is 5.10 Å². The van der Waals surface area contributed by atoms with E-state index in [0.29, 0.717) is 18.2 Å². The first-order chi connectivity index (χ1) is 10.3. The van der Waals surface area contributed by atoms with Crippen LogP contribution in [0.15, 0.2) is 42.7 Å². The van der Waals surface area contributed by atoms with E-state index in [9.17, 15) is 4.79 Å². The van der Waals surface area contributed by atoms with Crippen LogP contribution in [-0.4, -0.2) is 34.8 Å². The summed E-state index contributed by atoms with van der Waals surface area (Å²) in [6, 6.07) is 10.2. The van der Waals surface area contributed by atoms with Crippen LogP contribution in [0.3, 0.4) is 0 Å². The molecule has 1 aromatic carbocycles. The number of nitrogens with one attached hydrogen (secondary N) is 2. The van der Waals surface area contributed by atoms with Crippen LogP contribution < -0.4 is 10.6 Å². The van der Waals surface area contributed by atoms with Crippen molar-refractivity contribution < 1.29 is 4.79 Å². The Morgan fingerprint density at radius 3 is 2.95 bits per heavy atom. The van der Waals surface area contributed by atoms with Gasteiger partial charge in [-0.1, -0.05) is 24.6 Å². The lowest BCUT2D eigenvalue weighted by atomic mass is 10.1. The van der Waals surface area contributed by atoms with Crippen LogP contribution in [0.25, 0.3) is 5.69 Å². The zero-order valence-electron chi connectivity index (χ0n) is 12.0. The highest BCUT2D eigenvalue weighted by Crippen LogP contribution is 2.08. The van der Waals surface area contributed by atoms with Crippen molar-refractivity contribution in [1.82, 2.24) is 20.4 Å². The van der Waals surface area contributed by atoms with Crippen molar-refractivity contribution in [2.75, 3.05) is 13.1 Å². The highest BCUT2D eigenvalue weighted by Gasteiger charge is 2.15. The molecule has 0 saturated carbocycles. The van der Waals surface area contributed by atoms with Crippen LogP contribution in [0.2, 0.25) is 0 Å². The van der Waals surface area contributed by atoms with Gasteiger partial charge in [-0.15, -0.1) is 0 Å². The molecular weight excluding hydrogens is 264 g/mol. The SMILES string of the molecule is O=C(NCC1CCCCN1)c1cnn(-c2ccccc2)c1. The van der Waals surface area contributed by atoms with Crippen LogP contribution in [0, 0.1) is 0 Å². The van der Waals surface area contributed by atoms with Crippen LogP contribution in [0.1, 0.15) is 29.6 Å². The summed E-state index contributed by atoms with van der Waals surface area (Å²) in [7, 11) is 0. The molecule has 1 saturated heterocycles. The highest BCUT2D eigenvalue weighted by atomic mass is 16.1. The first-order valence-corrected chi connectivity index (χ1v) is 7.44. The second-order valence-electron chi connectivity index (χ2n) is 5.37. The van der Waals surface area contributed by atoms with E-state index in [0.717, 1.165) is 18.7 Å². The fourth-order valence-corrected chi connectivity index (χ4v) is 2.58. The predicted molar refractivity (Wildman–Crippen MR) is 81.5 cm³/mol. The minimum Gasteiger partial charge on any atom is -0.350 e. The van der Waals surface area contributed by atoms with E-state index < -0.39 is 0 Å². The van der Waals surface area contributed by atoms with Crippen LogP contribution in [0.5, 0.6) is 0 Å².